The van der Waals surface area contributed by atoms with E-state index in [2.05, 4.69) is 178 Å². The molecule has 0 bridgehead atoms. The molecule has 0 aliphatic carbocycles. The summed E-state index contributed by atoms with van der Waals surface area (Å²) in [6.07, 6.45) is 4.66. The monoisotopic (exact) mass is 784 g/mol. The van der Waals surface area contributed by atoms with Crippen LogP contribution in [0.2, 0.25) is 0 Å². The number of anilines is 4. The highest BCUT2D eigenvalue weighted by Crippen LogP contribution is 2.44. The van der Waals surface area contributed by atoms with E-state index in [9.17, 15) is 0 Å². The normalized spacial score (nSPS) is 16.0. The second kappa shape index (κ2) is 17.6. The standard InChI is InChI=1S/C25H25N3S3.C21H23NS/c1-4-5-17-6-10-19(11-7-17)28(3)20-12-8-18(9-13-20)21-14-15-22(30-21)23-27-25-24(31-23)26-16(2)29-25;1-4-5-17-7-11-19(12-8-17)22(3)20-13-9-18(10-14-20)21-15-6-16(2)23-21/h6-15,24-25H,4-5H2,1-3H3;6-15H,4-5H2,1-3H3. The molecule has 0 spiro atoms. The lowest BCUT2D eigenvalue weighted by Gasteiger charge is -2.20. The van der Waals surface area contributed by atoms with E-state index >= 15 is 0 Å². The number of fused-ring (bicyclic) bond motifs is 1. The molecule has 4 heterocycles. The Hall–Kier alpha value is -4.08. The lowest BCUT2D eigenvalue weighted by molar-refractivity contribution is 0.898. The van der Waals surface area contributed by atoms with Crippen LogP contribution in [0.1, 0.15) is 54.5 Å². The Morgan fingerprint density at radius 3 is 1.35 bits per heavy atom. The van der Waals surface area contributed by atoms with Gasteiger partial charge in [0, 0.05) is 51.5 Å². The number of aryl methyl sites for hydroxylation is 3. The van der Waals surface area contributed by atoms with Crippen molar-refractivity contribution in [3.05, 3.63) is 142 Å². The van der Waals surface area contributed by atoms with E-state index in [0.29, 0.717) is 0 Å². The maximum absolute atomic E-state index is 4.90. The first-order valence-electron chi connectivity index (χ1n) is 18.8. The minimum absolute atomic E-state index is 0.261. The van der Waals surface area contributed by atoms with Crippen LogP contribution >= 0.6 is 46.2 Å². The number of benzene rings is 4. The highest BCUT2D eigenvalue weighted by atomic mass is 32.2. The van der Waals surface area contributed by atoms with Gasteiger partial charge in [-0.15, -0.1) is 22.7 Å². The SMILES string of the molecule is CCCc1ccc(N(C)c2ccc(-c3ccc(C)s3)cc2)cc1.CCCc1ccc(N(C)c2ccc(-c3ccc(C4=NC5SC(C)=NC5S4)s3)cc2)cc1. The third kappa shape index (κ3) is 9.06. The van der Waals surface area contributed by atoms with Crippen molar-refractivity contribution in [1.29, 1.82) is 0 Å². The zero-order chi connectivity index (χ0) is 37.6. The lowest BCUT2D eigenvalue weighted by Crippen LogP contribution is -2.09. The Balaban J connectivity index is 0.000000175. The van der Waals surface area contributed by atoms with Gasteiger partial charge in [-0.05, 0) is 122 Å². The van der Waals surface area contributed by atoms with Crippen molar-refractivity contribution < 1.29 is 0 Å². The zero-order valence-corrected chi connectivity index (χ0v) is 35.2. The molecular weight excluding hydrogens is 737 g/mol. The molecule has 2 atom stereocenters. The summed E-state index contributed by atoms with van der Waals surface area (Å²) in [4.78, 5) is 19.3. The average molecular weight is 785 g/mol. The van der Waals surface area contributed by atoms with Crippen LogP contribution in [-0.4, -0.2) is 34.9 Å². The van der Waals surface area contributed by atoms with E-state index in [0.717, 1.165) is 22.9 Å². The second-order valence-electron chi connectivity index (χ2n) is 13.7. The predicted octanol–water partition coefficient (Wildman–Crippen LogP) is 13.9. The summed E-state index contributed by atoms with van der Waals surface area (Å²) in [5.74, 6) is 0. The third-order valence-corrected chi connectivity index (χ3v) is 14.4. The van der Waals surface area contributed by atoms with Gasteiger partial charge < -0.3 is 9.80 Å². The van der Waals surface area contributed by atoms with E-state index in [1.54, 1.807) is 23.5 Å². The van der Waals surface area contributed by atoms with Crippen LogP contribution in [0, 0.1) is 6.92 Å². The van der Waals surface area contributed by atoms with Crippen molar-refractivity contribution in [2.75, 3.05) is 23.9 Å². The van der Waals surface area contributed by atoms with E-state index < -0.39 is 0 Å². The summed E-state index contributed by atoms with van der Waals surface area (Å²) in [5.41, 5.74) is 10.2. The quantitative estimate of drug-likeness (QED) is 0.131. The maximum Gasteiger partial charge on any atom is 0.134 e. The molecule has 2 aromatic heterocycles. The van der Waals surface area contributed by atoms with Crippen LogP contribution in [0.5, 0.6) is 0 Å². The molecule has 54 heavy (non-hydrogen) atoms. The van der Waals surface area contributed by atoms with Crippen molar-refractivity contribution >= 4 is 79.0 Å². The number of nitrogens with zero attached hydrogens (tertiary/aromatic N) is 4. The van der Waals surface area contributed by atoms with E-state index in [1.165, 1.54) is 77.4 Å². The highest BCUT2D eigenvalue weighted by molar-refractivity contribution is 8.19. The number of thioether (sulfide) groups is 2. The molecule has 8 heteroatoms. The molecule has 0 amide bonds. The topological polar surface area (TPSA) is 31.2 Å². The van der Waals surface area contributed by atoms with Gasteiger partial charge in [-0.1, -0.05) is 98.7 Å². The molecule has 8 rings (SSSR count). The van der Waals surface area contributed by atoms with Gasteiger partial charge in [0.2, 0.25) is 0 Å². The molecule has 0 saturated heterocycles. The van der Waals surface area contributed by atoms with Crippen LogP contribution in [0.15, 0.2) is 131 Å². The third-order valence-electron chi connectivity index (χ3n) is 9.68. The highest BCUT2D eigenvalue weighted by Gasteiger charge is 2.36. The summed E-state index contributed by atoms with van der Waals surface area (Å²) in [6, 6.07) is 44.2. The Kier molecular flexibility index (Phi) is 12.4. The van der Waals surface area contributed by atoms with Crippen LogP contribution in [0.4, 0.5) is 22.7 Å². The van der Waals surface area contributed by atoms with Gasteiger partial charge in [0.05, 0.1) is 9.92 Å². The number of aliphatic imine (C=N–C) groups is 2. The fraction of sp³-hybridized carbons (Fsp3) is 0.261. The minimum Gasteiger partial charge on any atom is -0.345 e. The Morgan fingerprint density at radius 1 is 0.481 bits per heavy atom. The molecule has 2 aliphatic heterocycles. The number of rotatable bonds is 11. The summed E-state index contributed by atoms with van der Waals surface area (Å²) >= 11 is 7.25. The van der Waals surface area contributed by atoms with Crippen LogP contribution < -0.4 is 9.80 Å². The predicted molar refractivity (Wildman–Crippen MR) is 244 cm³/mol. The molecule has 276 valence electrons. The molecule has 2 aliphatic rings. The van der Waals surface area contributed by atoms with Crippen molar-refractivity contribution in [3.8, 4) is 20.9 Å². The van der Waals surface area contributed by atoms with Crippen LogP contribution in [-0.2, 0) is 12.8 Å². The number of hydrogen-bond donors (Lipinski definition) is 0. The van der Waals surface area contributed by atoms with Gasteiger partial charge in [0.15, 0.2) is 0 Å². The summed E-state index contributed by atoms with van der Waals surface area (Å²) in [7, 11) is 4.25. The second-order valence-corrected chi connectivity index (χ2v) is 18.5. The maximum atomic E-state index is 4.90. The molecule has 0 saturated carbocycles. The Labute approximate surface area is 338 Å². The summed E-state index contributed by atoms with van der Waals surface area (Å²) in [6.45, 7) is 8.66. The summed E-state index contributed by atoms with van der Waals surface area (Å²) < 4.78 is 0. The molecule has 0 fully saturated rings. The first-order chi connectivity index (χ1) is 26.3. The molecule has 6 aromatic rings. The van der Waals surface area contributed by atoms with Crippen molar-refractivity contribution in [3.63, 3.8) is 0 Å². The van der Waals surface area contributed by atoms with Crippen molar-refractivity contribution in [2.45, 2.75) is 64.1 Å². The minimum atomic E-state index is 0.261. The van der Waals surface area contributed by atoms with Gasteiger partial charge in [-0.25, -0.2) is 0 Å². The van der Waals surface area contributed by atoms with Crippen molar-refractivity contribution in [1.82, 2.24) is 0 Å². The van der Waals surface area contributed by atoms with E-state index in [4.69, 9.17) is 4.99 Å². The van der Waals surface area contributed by atoms with Gasteiger partial charge in [0.25, 0.3) is 0 Å². The molecular formula is C46H48N4S4. The molecule has 2 unspecified atom stereocenters. The van der Waals surface area contributed by atoms with Crippen LogP contribution in [0.3, 0.4) is 0 Å². The molecule has 4 aromatic carbocycles. The molecule has 4 nitrogen and oxygen atoms in total. The first kappa shape index (κ1) is 38.2. The van der Waals surface area contributed by atoms with E-state index in [1.807, 2.05) is 22.7 Å². The summed E-state index contributed by atoms with van der Waals surface area (Å²) in [5, 5.41) is 2.81. The number of hydrogen-bond acceptors (Lipinski definition) is 8. The van der Waals surface area contributed by atoms with Gasteiger partial charge in [-0.3, -0.25) is 9.98 Å². The smallest absolute Gasteiger partial charge is 0.134 e. The molecule has 0 N–H and O–H groups in total. The van der Waals surface area contributed by atoms with Gasteiger partial charge >= 0.3 is 0 Å². The van der Waals surface area contributed by atoms with Crippen molar-refractivity contribution in [2.24, 2.45) is 9.98 Å². The molecule has 0 radical (unpaired) electrons. The lowest BCUT2D eigenvalue weighted by atomic mass is 10.1. The largest absolute Gasteiger partial charge is 0.345 e. The first-order valence-corrected chi connectivity index (χ1v) is 22.2. The fourth-order valence-corrected chi connectivity index (χ4v) is 11.0. The van der Waals surface area contributed by atoms with Gasteiger partial charge in [0.1, 0.15) is 15.8 Å². The number of thiophene rings is 2. The van der Waals surface area contributed by atoms with E-state index in [-0.39, 0.29) is 10.7 Å². The average Bonchev–Trinajstić information content (AvgIpc) is 4.01. The van der Waals surface area contributed by atoms with Gasteiger partial charge in [-0.2, -0.15) is 0 Å². The zero-order valence-electron chi connectivity index (χ0n) is 32.0. The Bertz CT molecular complexity index is 2200. The van der Waals surface area contributed by atoms with Crippen LogP contribution in [0.25, 0.3) is 20.9 Å². The fourth-order valence-electron chi connectivity index (χ4n) is 6.61. The Morgan fingerprint density at radius 2 is 0.907 bits per heavy atom.